The van der Waals surface area contributed by atoms with Gasteiger partial charge in [-0.2, -0.15) is 0 Å². The van der Waals surface area contributed by atoms with E-state index in [9.17, 15) is 67.2 Å². The average molecular weight is 1380 g/mol. The second-order valence-corrected chi connectivity index (χ2v) is 27.8. The Morgan fingerprint density at radius 2 is 0.545 bits per heavy atom. The molecular formula is C85H118F6O8. The van der Waals surface area contributed by atoms with E-state index in [1.54, 1.807) is 91.8 Å². The van der Waals surface area contributed by atoms with E-state index >= 15 is 0 Å². The zero-order chi connectivity index (χ0) is 77.9. The maximum absolute atomic E-state index is 13.6. The van der Waals surface area contributed by atoms with Gasteiger partial charge in [0.2, 0.25) is 0 Å². The summed E-state index contributed by atoms with van der Waals surface area (Å²) in [7, 11) is 0. The second kappa shape index (κ2) is 40.7. The molecule has 0 heterocycles. The number of benzene rings is 8. The van der Waals surface area contributed by atoms with Crippen LogP contribution in [0.5, 0.6) is 46.0 Å². The summed E-state index contributed by atoms with van der Waals surface area (Å²) in [5.41, 5.74) is 13.6. The minimum absolute atomic E-state index is 0. The van der Waals surface area contributed by atoms with E-state index in [0.717, 1.165) is 61.2 Å². The Morgan fingerprint density at radius 1 is 0.253 bits per heavy atom. The minimum atomic E-state index is -0.937. The number of hydrogen-bond acceptors (Lipinski definition) is 8. The van der Waals surface area contributed by atoms with Crippen molar-refractivity contribution in [2.45, 2.75) is 249 Å². The predicted octanol–water partition coefficient (Wildman–Crippen LogP) is 25.3. The average Bonchev–Trinajstić information content (AvgIpc) is 0.834. The van der Waals surface area contributed by atoms with Crippen molar-refractivity contribution in [2.24, 2.45) is 0 Å². The van der Waals surface area contributed by atoms with Crippen molar-refractivity contribution in [1.29, 1.82) is 0 Å². The third-order valence-electron chi connectivity index (χ3n) is 16.5. The van der Waals surface area contributed by atoms with Gasteiger partial charge in [-0.1, -0.05) is 142 Å². The zero-order valence-electron chi connectivity index (χ0n) is 65.4. The summed E-state index contributed by atoms with van der Waals surface area (Å²) < 4.78 is 95.4. The van der Waals surface area contributed by atoms with Crippen LogP contribution in [-0.2, 0) is 0 Å². The highest BCUT2D eigenvalue weighted by Crippen LogP contribution is 2.36. The van der Waals surface area contributed by atoms with Crippen LogP contribution in [-0.4, -0.2) is 40.9 Å². The lowest BCUT2D eigenvalue weighted by Crippen LogP contribution is -1.99. The number of aromatic hydroxyl groups is 8. The van der Waals surface area contributed by atoms with Gasteiger partial charge in [-0.25, -0.2) is 26.3 Å². The monoisotopic (exact) mass is 1380 g/mol. The molecule has 0 spiro atoms. The molecule has 0 atom stereocenters. The Morgan fingerprint density at radius 3 is 0.879 bits per heavy atom. The quantitative estimate of drug-likeness (QED) is 0.0698. The molecule has 0 saturated carbocycles. The number of phenolic OH excluding ortho intramolecular Hbond substituents is 8. The molecule has 99 heavy (non-hydrogen) atoms. The Balaban J connectivity index is 0.00000113. The van der Waals surface area contributed by atoms with Gasteiger partial charge in [0.25, 0.3) is 0 Å². The van der Waals surface area contributed by atoms with Crippen LogP contribution in [0.15, 0.2) is 84.9 Å². The summed E-state index contributed by atoms with van der Waals surface area (Å²) in [6, 6.07) is 20.6. The van der Waals surface area contributed by atoms with Crippen LogP contribution < -0.4 is 0 Å². The van der Waals surface area contributed by atoms with Crippen LogP contribution in [0, 0.1) is 118 Å². The summed E-state index contributed by atoms with van der Waals surface area (Å²) in [4.78, 5) is 0. The summed E-state index contributed by atoms with van der Waals surface area (Å²) in [6.07, 6.45) is 0. The second-order valence-electron chi connectivity index (χ2n) is 27.8. The van der Waals surface area contributed by atoms with Crippen LogP contribution >= 0.6 is 0 Å². The lowest BCUT2D eigenvalue weighted by Gasteiger charge is -2.13. The van der Waals surface area contributed by atoms with Gasteiger partial charge in [0, 0.05) is 22.3 Å². The molecule has 8 rings (SSSR count). The summed E-state index contributed by atoms with van der Waals surface area (Å²) >= 11 is 0. The molecule has 548 valence electrons. The van der Waals surface area contributed by atoms with E-state index in [4.69, 9.17) is 2.74 Å². The molecule has 0 bridgehead atoms. The van der Waals surface area contributed by atoms with Crippen LogP contribution in [0.4, 0.5) is 26.3 Å². The first-order chi connectivity index (χ1) is 45.9. The van der Waals surface area contributed by atoms with Gasteiger partial charge in [0.1, 0.15) is 69.3 Å². The van der Waals surface area contributed by atoms with E-state index in [-0.39, 0.29) is 123 Å². The van der Waals surface area contributed by atoms with Gasteiger partial charge in [-0.15, -0.1) is 0 Å². The van der Waals surface area contributed by atoms with E-state index in [0.29, 0.717) is 62.7 Å². The van der Waals surface area contributed by atoms with E-state index in [2.05, 4.69) is 13.8 Å². The maximum atomic E-state index is 13.6. The molecule has 8 aromatic rings. The number of halogens is 6. The molecule has 0 radical (unpaired) electrons. The van der Waals surface area contributed by atoms with Crippen molar-refractivity contribution in [3.63, 3.8) is 0 Å². The Bertz CT molecular complexity index is 3620. The van der Waals surface area contributed by atoms with E-state index in [1.165, 1.54) is 31.2 Å². The van der Waals surface area contributed by atoms with Gasteiger partial charge in [-0.3, -0.25) is 0 Å². The Hall–Kier alpha value is -8.26. The predicted molar refractivity (Wildman–Crippen MR) is 401 cm³/mol. The lowest BCUT2D eigenvalue weighted by atomic mass is 9.96. The maximum Gasteiger partial charge on any atom is 0.166 e. The molecule has 8 N–H and O–H groups in total. The smallest absolute Gasteiger partial charge is 0.166 e. The summed E-state index contributed by atoms with van der Waals surface area (Å²) in [5.74, 6) is -1.03. The van der Waals surface area contributed by atoms with Gasteiger partial charge in [0.05, 0.1) is 2.74 Å². The molecule has 8 nitrogen and oxygen atoms in total. The molecular weight excluding hydrogens is 1260 g/mol. The highest BCUT2D eigenvalue weighted by Gasteiger charge is 2.20. The first-order valence-electron chi connectivity index (χ1n) is 34.4. The normalized spacial score (nSPS) is 11.0. The lowest BCUT2D eigenvalue weighted by molar-refractivity contribution is 0.433. The van der Waals surface area contributed by atoms with Crippen molar-refractivity contribution in [1.82, 2.24) is 0 Å². The topological polar surface area (TPSA) is 162 Å². The third kappa shape index (κ3) is 26.7. The van der Waals surface area contributed by atoms with Gasteiger partial charge >= 0.3 is 0 Å². The van der Waals surface area contributed by atoms with Crippen molar-refractivity contribution >= 4 is 0 Å². The highest BCUT2D eigenvalue weighted by atomic mass is 19.2. The Labute approximate surface area is 593 Å². The third-order valence-corrected chi connectivity index (χ3v) is 16.5. The molecule has 0 aliphatic rings. The Kier molecular flexibility index (Phi) is 35.7. The molecule has 0 aliphatic carbocycles. The fraction of sp³-hybridized carbons (Fsp3) is 0.435. The number of hydrogen-bond donors (Lipinski definition) is 8. The number of rotatable bonds is 8. The summed E-state index contributed by atoms with van der Waals surface area (Å²) in [6.45, 7) is 52.0. The highest BCUT2D eigenvalue weighted by molar-refractivity contribution is 5.47. The van der Waals surface area contributed by atoms with Crippen LogP contribution in [0.1, 0.15) is 280 Å². The molecule has 14 heteroatoms. The standard InChI is InChI=1S/2C11H15FO.2C11H16O.C10H12F2O.2C10H13FO.C10H14O.CH4/c2*1-6(2)10-9(13)5-7(3)8(4)11(10)12;2*1-7(2)10-5-8(3)9(4)6-11(10)12;1-5(2)8-7(13)4-6(3)9(11)10(8)12;1-6(2)8-5-9(11)7(3)4-10(8)12;1-6(2)10-8(11)4-7(3)5-9(10)12;1-7(2)9-5-4-8(3)6-10(9)11;/h2*5-6,13H,1-4H3;2*5-7,12H,1-4H3;4-5,13H,1-3H3;2*4-6,12H,1-3H3;4-7,11H,1-3H3;1H4/i;;2*5D;;;;;. The number of phenols is 8. The molecule has 0 aromatic heterocycles. The van der Waals surface area contributed by atoms with Crippen LogP contribution in [0.25, 0.3) is 0 Å². The number of aryl methyl sites for hydroxylation is 8. The zero-order valence-corrected chi connectivity index (χ0v) is 63.4. The van der Waals surface area contributed by atoms with E-state index < -0.39 is 11.6 Å². The molecule has 0 unspecified atom stereocenters. The minimum Gasteiger partial charge on any atom is -0.508 e. The van der Waals surface area contributed by atoms with Crippen LogP contribution in [0.3, 0.4) is 0 Å². The van der Waals surface area contributed by atoms with Crippen LogP contribution in [0.2, 0.25) is 0 Å². The summed E-state index contributed by atoms with van der Waals surface area (Å²) in [5, 5.41) is 76.0. The molecule has 0 fully saturated rings. The molecule has 8 aromatic carbocycles. The first kappa shape index (κ1) is 86.8. The fourth-order valence-corrected chi connectivity index (χ4v) is 10.1. The van der Waals surface area contributed by atoms with E-state index in [1.807, 2.05) is 130 Å². The fourth-order valence-electron chi connectivity index (χ4n) is 10.1. The van der Waals surface area contributed by atoms with Crippen molar-refractivity contribution in [3.8, 4) is 46.0 Å². The first-order valence-corrected chi connectivity index (χ1v) is 33.4. The molecule has 0 saturated heterocycles. The van der Waals surface area contributed by atoms with Gasteiger partial charge in [-0.05, 0) is 280 Å². The van der Waals surface area contributed by atoms with Gasteiger partial charge < -0.3 is 40.9 Å². The molecule has 0 aliphatic heterocycles. The van der Waals surface area contributed by atoms with Crippen molar-refractivity contribution < 1.29 is 69.9 Å². The van der Waals surface area contributed by atoms with Gasteiger partial charge in [0.15, 0.2) is 11.6 Å². The largest absolute Gasteiger partial charge is 0.508 e. The molecule has 0 amide bonds. The SMILES string of the molecule is C.Cc1cc(O)c(C(C)C)c(F)c1.Cc1cc(O)c(C(C)C)c(F)c1C.Cc1cc(O)c(C(C)C)c(F)c1C.Cc1cc(O)c(C(C)C)c(F)c1F.Cc1cc(O)c(C(C)C)cc1F.Cc1ccc(C(C)C)c(O)c1.[2H]c1c(C)c(C)cc(O)c1C(C)C.[2H]c1c(C)c(C)cc(O)c1C(C)C. The van der Waals surface area contributed by atoms with Crippen molar-refractivity contribution in [3.05, 3.63) is 231 Å². The van der Waals surface area contributed by atoms with Crippen molar-refractivity contribution in [2.75, 3.05) is 0 Å².